The van der Waals surface area contributed by atoms with Crippen LogP contribution in [0.1, 0.15) is 89.5 Å². The van der Waals surface area contributed by atoms with Gasteiger partial charge in [0.05, 0.1) is 6.61 Å². The molecule has 1 rings (SSSR count). The second-order valence-corrected chi connectivity index (χ2v) is 7.42. The fourth-order valence-electron chi connectivity index (χ4n) is 2.95. The number of ether oxygens (including phenoxy) is 2. The maximum absolute atomic E-state index is 13.5. The van der Waals surface area contributed by atoms with E-state index in [1.807, 2.05) is 0 Å². The Morgan fingerprint density at radius 1 is 0.700 bits per heavy atom. The molecule has 0 spiro atoms. The first-order valence-corrected chi connectivity index (χ1v) is 10.9. The minimum atomic E-state index is -1.30. The van der Waals surface area contributed by atoms with Crippen LogP contribution >= 0.6 is 0 Å². The largest absolute Gasteiger partial charge is 0.466 e. The summed E-state index contributed by atoms with van der Waals surface area (Å²) in [5.74, 6) is -4.51. The zero-order valence-corrected chi connectivity index (χ0v) is 17.8. The van der Waals surface area contributed by atoms with Crippen molar-refractivity contribution in [2.24, 2.45) is 0 Å². The van der Waals surface area contributed by atoms with E-state index in [-0.39, 0.29) is 30.8 Å². The standard InChI is InChI=1S/C23H33F3O4/c1-2-3-4-5-6-7-8-9-10-14-29-22(27)12-11-13-23(28)30-17-18-15-20(25)21(26)16-19(18)24/h15-16H,2-14,17H2,1H3. The van der Waals surface area contributed by atoms with Gasteiger partial charge in [-0.1, -0.05) is 58.3 Å². The van der Waals surface area contributed by atoms with Gasteiger partial charge >= 0.3 is 11.9 Å². The molecule has 0 heterocycles. The van der Waals surface area contributed by atoms with E-state index in [9.17, 15) is 22.8 Å². The van der Waals surface area contributed by atoms with E-state index in [0.29, 0.717) is 18.7 Å². The van der Waals surface area contributed by atoms with E-state index in [4.69, 9.17) is 9.47 Å². The van der Waals surface area contributed by atoms with Gasteiger partial charge in [0.2, 0.25) is 0 Å². The van der Waals surface area contributed by atoms with Crippen molar-refractivity contribution in [1.29, 1.82) is 0 Å². The third-order valence-corrected chi connectivity index (χ3v) is 4.75. The second kappa shape index (κ2) is 15.7. The molecular weight excluding hydrogens is 397 g/mol. The van der Waals surface area contributed by atoms with Gasteiger partial charge in [0.1, 0.15) is 12.4 Å². The number of esters is 2. The second-order valence-electron chi connectivity index (χ2n) is 7.42. The molecule has 0 N–H and O–H groups in total. The first-order valence-electron chi connectivity index (χ1n) is 10.9. The van der Waals surface area contributed by atoms with Gasteiger partial charge in [-0.3, -0.25) is 9.59 Å². The lowest BCUT2D eigenvalue weighted by Gasteiger charge is -2.07. The normalized spacial score (nSPS) is 10.8. The molecule has 30 heavy (non-hydrogen) atoms. The van der Waals surface area contributed by atoms with Gasteiger partial charge in [-0.25, -0.2) is 13.2 Å². The third kappa shape index (κ3) is 11.8. The van der Waals surface area contributed by atoms with Crippen molar-refractivity contribution in [3.63, 3.8) is 0 Å². The lowest BCUT2D eigenvalue weighted by Crippen LogP contribution is -2.09. The fraction of sp³-hybridized carbons (Fsp3) is 0.652. The van der Waals surface area contributed by atoms with E-state index >= 15 is 0 Å². The topological polar surface area (TPSA) is 52.6 Å². The van der Waals surface area contributed by atoms with Crippen LogP contribution in [0.25, 0.3) is 0 Å². The molecule has 0 unspecified atom stereocenters. The molecule has 0 radical (unpaired) electrons. The first kappa shape index (κ1) is 26.0. The molecule has 0 fully saturated rings. The van der Waals surface area contributed by atoms with Crippen molar-refractivity contribution in [3.8, 4) is 0 Å². The molecule has 170 valence electrons. The molecule has 1 aromatic rings. The van der Waals surface area contributed by atoms with E-state index in [1.54, 1.807) is 0 Å². The van der Waals surface area contributed by atoms with Crippen LogP contribution in [0, 0.1) is 17.5 Å². The summed E-state index contributed by atoms with van der Waals surface area (Å²) in [5, 5.41) is 0. The summed E-state index contributed by atoms with van der Waals surface area (Å²) in [6.45, 7) is 2.09. The molecule has 0 aliphatic carbocycles. The zero-order valence-electron chi connectivity index (χ0n) is 17.8. The van der Waals surface area contributed by atoms with Crippen molar-refractivity contribution in [3.05, 3.63) is 35.1 Å². The van der Waals surface area contributed by atoms with Crippen molar-refractivity contribution >= 4 is 11.9 Å². The van der Waals surface area contributed by atoms with Crippen molar-refractivity contribution in [2.45, 2.75) is 90.6 Å². The monoisotopic (exact) mass is 430 g/mol. The quantitative estimate of drug-likeness (QED) is 0.173. The van der Waals surface area contributed by atoms with Gasteiger partial charge in [-0.2, -0.15) is 0 Å². The maximum Gasteiger partial charge on any atom is 0.306 e. The number of carbonyl (C=O) groups excluding carboxylic acids is 2. The van der Waals surface area contributed by atoms with Gasteiger partial charge in [0.15, 0.2) is 11.6 Å². The summed E-state index contributed by atoms with van der Waals surface area (Å²) in [4.78, 5) is 23.3. The highest BCUT2D eigenvalue weighted by Crippen LogP contribution is 2.15. The number of hydrogen-bond acceptors (Lipinski definition) is 4. The molecular formula is C23H33F3O4. The number of unbranched alkanes of at least 4 members (excludes halogenated alkanes) is 8. The molecule has 4 nitrogen and oxygen atoms in total. The highest BCUT2D eigenvalue weighted by molar-refractivity contribution is 5.72. The molecule has 0 aliphatic rings. The minimum absolute atomic E-state index is 0.0432. The van der Waals surface area contributed by atoms with Crippen LogP contribution in [-0.2, 0) is 25.7 Å². The number of benzene rings is 1. The van der Waals surface area contributed by atoms with Crippen LogP contribution in [0.4, 0.5) is 13.2 Å². The van der Waals surface area contributed by atoms with Crippen LogP contribution in [-0.4, -0.2) is 18.5 Å². The number of carbonyl (C=O) groups is 2. The van der Waals surface area contributed by atoms with E-state index < -0.39 is 30.0 Å². The number of halogens is 3. The smallest absolute Gasteiger partial charge is 0.306 e. The highest BCUT2D eigenvalue weighted by Gasteiger charge is 2.12. The first-order chi connectivity index (χ1) is 14.4. The zero-order chi connectivity index (χ0) is 22.2. The maximum atomic E-state index is 13.5. The van der Waals surface area contributed by atoms with Crippen molar-refractivity contribution in [1.82, 2.24) is 0 Å². The Morgan fingerprint density at radius 3 is 1.87 bits per heavy atom. The Bertz CT molecular complexity index is 650. The number of rotatable bonds is 16. The van der Waals surface area contributed by atoms with Gasteiger partial charge in [0, 0.05) is 24.5 Å². The molecule has 0 aromatic heterocycles. The van der Waals surface area contributed by atoms with Gasteiger partial charge in [-0.15, -0.1) is 0 Å². The van der Waals surface area contributed by atoms with Gasteiger partial charge < -0.3 is 9.47 Å². The predicted molar refractivity (Wildman–Crippen MR) is 108 cm³/mol. The number of hydrogen-bond donors (Lipinski definition) is 0. The summed E-state index contributed by atoms with van der Waals surface area (Å²) < 4.78 is 49.4. The summed E-state index contributed by atoms with van der Waals surface area (Å²) >= 11 is 0. The van der Waals surface area contributed by atoms with E-state index in [2.05, 4.69) is 6.92 Å². The van der Waals surface area contributed by atoms with Crippen molar-refractivity contribution < 1.29 is 32.2 Å². The molecule has 0 saturated heterocycles. The summed E-state index contributed by atoms with van der Waals surface area (Å²) in [7, 11) is 0. The molecule has 0 atom stereocenters. The Morgan fingerprint density at radius 2 is 1.23 bits per heavy atom. The Labute approximate surface area is 177 Å². The molecule has 7 heteroatoms. The molecule has 0 saturated carbocycles. The summed E-state index contributed by atoms with van der Waals surface area (Å²) in [5.41, 5.74) is -0.248. The highest BCUT2D eigenvalue weighted by atomic mass is 19.2. The van der Waals surface area contributed by atoms with Gasteiger partial charge in [-0.05, 0) is 18.9 Å². The predicted octanol–water partition coefficient (Wildman–Crippen LogP) is 6.39. The lowest BCUT2D eigenvalue weighted by molar-refractivity contribution is -0.146. The Balaban J connectivity index is 2.02. The average Bonchev–Trinajstić information content (AvgIpc) is 2.71. The minimum Gasteiger partial charge on any atom is -0.466 e. The molecule has 0 aliphatic heterocycles. The SMILES string of the molecule is CCCCCCCCCCCOC(=O)CCCC(=O)OCc1cc(F)c(F)cc1F. The van der Waals surface area contributed by atoms with Crippen LogP contribution in [0.2, 0.25) is 0 Å². The van der Waals surface area contributed by atoms with Crippen LogP contribution in [0.3, 0.4) is 0 Å². The lowest BCUT2D eigenvalue weighted by atomic mass is 10.1. The van der Waals surface area contributed by atoms with Crippen LogP contribution in [0.5, 0.6) is 0 Å². The van der Waals surface area contributed by atoms with E-state index in [1.165, 1.54) is 38.5 Å². The Kier molecular flexibility index (Phi) is 13.6. The van der Waals surface area contributed by atoms with E-state index in [0.717, 1.165) is 19.3 Å². The molecule has 0 amide bonds. The fourth-order valence-corrected chi connectivity index (χ4v) is 2.95. The molecule has 0 bridgehead atoms. The Hall–Kier alpha value is -2.05. The third-order valence-electron chi connectivity index (χ3n) is 4.75. The van der Waals surface area contributed by atoms with Crippen molar-refractivity contribution in [2.75, 3.05) is 6.61 Å². The molecule has 1 aromatic carbocycles. The summed E-state index contributed by atoms with van der Waals surface area (Å²) in [6.07, 6.45) is 11.0. The van der Waals surface area contributed by atoms with Crippen LogP contribution < -0.4 is 0 Å². The van der Waals surface area contributed by atoms with Gasteiger partial charge in [0.25, 0.3) is 0 Å². The van der Waals surface area contributed by atoms with Crippen LogP contribution in [0.15, 0.2) is 12.1 Å². The summed E-state index contributed by atoms with van der Waals surface area (Å²) in [6, 6.07) is 1.06. The average molecular weight is 431 g/mol.